The summed E-state index contributed by atoms with van der Waals surface area (Å²) in [5.74, 6) is -0.0201. The summed E-state index contributed by atoms with van der Waals surface area (Å²) >= 11 is 1.54. The molecule has 2 aromatic rings. The molecular formula is C21H25N3O2S. The maximum absolute atomic E-state index is 13.1. The summed E-state index contributed by atoms with van der Waals surface area (Å²) in [5.41, 5.74) is 2.49. The Labute approximate surface area is 163 Å². The van der Waals surface area contributed by atoms with Crippen molar-refractivity contribution < 1.29 is 9.59 Å². The van der Waals surface area contributed by atoms with E-state index in [1.54, 1.807) is 16.2 Å². The third kappa shape index (κ3) is 2.94. The van der Waals surface area contributed by atoms with E-state index < -0.39 is 0 Å². The van der Waals surface area contributed by atoms with Crippen molar-refractivity contribution in [3.8, 4) is 0 Å². The van der Waals surface area contributed by atoms with Gasteiger partial charge in [-0.05, 0) is 49.3 Å². The number of hydrogen-bond donors (Lipinski definition) is 0. The van der Waals surface area contributed by atoms with Gasteiger partial charge in [-0.25, -0.2) is 4.98 Å². The molecule has 1 atom stereocenters. The van der Waals surface area contributed by atoms with E-state index in [4.69, 9.17) is 0 Å². The van der Waals surface area contributed by atoms with Gasteiger partial charge in [0.15, 0.2) is 5.13 Å². The number of thiazole rings is 1. The minimum Gasteiger partial charge on any atom is -0.342 e. The van der Waals surface area contributed by atoms with Crippen LogP contribution in [0, 0.1) is 18.3 Å². The van der Waals surface area contributed by atoms with E-state index in [2.05, 4.69) is 18.0 Å². The molecule has 142 valence electrons. The van der Waals surface area contributed by atoms with E-state index in [1.807, 2.05) is 17.0 Å². The SMILES string of the molecule is Cc1ccc2nc(N3CC(C(=O)N4CCC5(CCCC5)C4)CC3=O)sc2c1. The highest BCUT2D eigenvalue weighted by Crippen LogP contribution is 2.46. The lowest BCUT2D eigenvalue weighted by Gasteiger charge is -2.25. The van der Waals surface area contributed by atoms with Gasteiger partial charge in [-0.15, -0.1) is 0 Å². The van der Waals surface area contributed by atoms with Crippen LogP contribution in [-0.2, 0) is 9.59 Å². The molecule has 6 heteroatoms. The highest BCUT2D eigenvalue weighted by atomic mass is 32.1. The van der Waals surface area contributed by atoms with E-state index in [1.165, 1.54) is 31.2 Å². The van der Waals surface area contributed by atoms with Crippen molar-refractivity contribution in [1.29, 1.82) is 0 Å². The van der Waals surface area contributed by atoms with E-state index in [9.17, 15) is 9.59 Å². The van der Waals surface area contributed by atoms with Crippen LogP contribution in [0.2, 0.25) is 0 Å². The van der Waals surface area contributed by atoms with Gasteiger partial charge in [-0.1, -0.05) is 30.2 Å². The number of aromatic nitrogens is 1. The van der Waals surface area contributed by atoms with Gasteiger partial charge in [0.2, 0.25) is 11.8 Å². The predicted molar refractivity (Wildman–Crippen MR) is 107 cm³/mol. The van der Waals surface area contributed by atoms with Crippen LogP contribution in [0.1, 0.15) is 44.1 Å². The van der Waals surface area contributed by atoms with Crippen molar-refractivity contribution in [2.45, 2.75) is 45.4 Å². The second-order valence-corrected chi connectivity index (χ2v) is 9.60. The average molecular weight is 384 g/mol. The Morgan fingerprint density at radius 3 is 2.89 bits per heavy atom. The minimum absolute atomic E-state index is 0.0268. The summed E-state index contributed by atoms with van der Waals surface area (Å²) in [6.07, 6.45) is 6.58. The number of rotatable bonds is 2. The Morgan fingerprint density at radius 1 is 1.26 bits per heavy atom. The number of anilines is 1. The van der Waals surface area contributed by atoms with Gasteiger partial charge in [-0.2, -0.15) is 0 Å². The maximum Gasteiger partial charge on any atom is 0.229 e. The molecule has 0 N–H and O–H groups in total. The van der Waals surface area contributed by atoms with E-state index in [-0.39, 0.29) is 17.7 Å². The largest absolute Gasteiger partial charge is 0.342 e. The number of likely N-dealkylation sites (tertiary alicyclic amines) is 1. The van der Waals surface area contributed by atoms with Crippen molar-refractivity contribution >= 4 is 38.5 Å². The standard InChI is InChI=1S/C21H25N3O2S/c1-14-4-5-16-17(10-14)27-20(22-16)24-12-15(11-18(24)25)19(26)23-9-8-21(13-23)6-2-3-7-21/h4-5,10,15H,2-3,6-9,11-13H2,1H3. The molecule has 5 nitrogen and oxygen atoms in total. The zero-order valence-electron chi connectivity index (χ0n) is 15.7. The van der Waals surface area contributed by atoms with Gasteiger partial charge >= 0.3 is 0 Å². The summed E-state index contributed by atoms with van der Waals surface area (Å²) in [5, 5.41) is 0.726. The molecule has 2 aliphatic heterocycles. The second kappa shape index (κ2) is 6.30. The highest BCUT2D eigenvalue weighted by molar-refractivity contribution is 7.22. The van der Waals surface area contributed by atoms with Crippen LogP contribution in [0.4, 0.5) is 5.13 Å². The maximum atomic E-state index is 13.1. The average Bonchev–Trinajstić information content (AvgIpc) is 3.42. The summed E-state index contributed by atoms with van der Waals surface area (Å²) in [6, 6.07) is 6.14. The summed E-state index contributed by atoms with van der Waals surface area (Å²) in [6.45, 7) is 4.29. The first kappa shape index (κ1) is 17.2. The smallest absolute Gasteiger partial charge is 0.229 e. The molecule has 2 amide bonds. The number of benzene rings is 1. The van der Waals surface area contributed by atoms with Gasteiger partial charge in [0.1, 0.15) is 0 Å². The highest BCUT2D eigenvalue weighted by Gasteiger charge is 2.45. The Kier molecular flexibility index (Phi) is 4.00. The van der Waals surface area contributed by atoms with Gasteiger partial charge in [0, 0.05) is 26.1 Å². The van der Waals surface area contributed by atoms with Crippen LogP contribution in [-0.4, -0.2) is 41.3 Å². The molecule has 2 saturated heterocycles. The molecule has 1 aromatic heterocycles. The first-order valence-corrected chi connectivity index (χ1v) is 10.8. The van der Waals surface area contributed by atoms with E-state index >= 15 is 0 Å². The Balaban J connectivity index is 1.31. The number of amides is 2. The number of nitrogens with zero attached hydrogens (tertiary/aromatic N) is 3. The van der Waals surface area contributed by atoms with Gasteiger partial charge < -0.3 is 4.90 Å². The lowest BCUT2D eigenvalue weighted by atomic mass is 9.86. The third-order valence-corrected chi connectivity index (χ3v) is 7.69. The first-order chi connectivity index (χ1) is 13.0. The van der Waals surface area contributed by atoms with Crippen LogP contribution < -0.4 is 4.90 Å². The van der Waals surface area contributed by atoms with Gasteiger partial charge in [0.05, 0.1) is 16.1 Å². The Hall–Kier alpha value is -1.95. The topological polar surface area (TPSA) is 53.5 Å². The molecule has 0 radical (unpaired) electrons. The molecule has 27 heavy (non-hydrogen) atoms. The monoisotopic (exact) mass is 383 g/mol. The first-order valence-electron chi connectivity index (χ1n) is 9.99. The zero-order chi connectivity index (χ0) is 18.6. The minimum atomic E-state index is -0.220. The van der Waals surface area contributed by atoms with Crippen molar-refractivity contribution in [2.75, 3.05) is 24.5 Å². The summed E-state index contributed by atoms with van der Waals surface area (Å²) in [4.78, 5) is 34.1. The quantitative estimate of drug-likeness (QED) is 0.794. The third-order valence-electron chi connectivity index (χ3n) is 6.65. The summed E-state index contributed by atoms with van der Waals surface area (Å²) in [7, 11) is 0. The van der Waals surface area contributed by atoms with Gasteiger partial charge in [-0.3, -0.25) is 14.5 Å². The fourth-order valence-electron chi connectivity index (χ4n) is 5.11. The normalized spacial score (nSPS) is 24.6. The number of carbonyl (C=O) groups is 2. The Morgan fingerprint density at radius 2 is 2.07 bits per heavy atom. The van der Waals surface area contributed by atoms with Crippen molar-refractivity contribution in [2.24, 2.45) is 11.3 Å². The molecule has 0 bridgehead atoms. The zero-order valence-corrected chi connectivity index (χ0v) is 16.6. The van der Waals surface area contributed by atoms with Crippen LogP contribution >= 0.6 is 11.3 Å². The lowest BCUT2D eigenvalue weighted by Crippen LogP contribution is -2.37. The summed E-state index contributed by atoms with van der Waals surface area (Å²) < 4.78 is 1.09. The number of aryl methyl sites for hydroxylation is 1. The van der Waals surface area contributed by atoms with E-state index in [0.29, 0.717) is 18.4 Å². The molecule has 3 fully saturated rings. The molecule has 1 saturated carbocycles. The fourth-order valence-corrected chi connectivity index (χ4v) is 6.20. The van der Waals surface area contributed by atoms with Crippen molar-refractivity contribution in [3.05, 3.63) is 23.8 Å². The van der Waals surface area contributed by atoms with Crippen LogP contribution in [0.5, 0.6) is 0 Å². The molecule has 1 spiro atoms. The predicted octanol–water partition coefficient (Wildman–Crippen LogP) is 3.75. The van der Waals surface area contributed by atoms with Crippen molar-refractivity contribution in [3.63, 3.8) is 0 Å². The molecule has 1 unspecified atom stereocenters. The fraction of sp³-hybridized carbons (Fsp3) is 0.571. The molecule has 1 aromatic carbocycles. The van der Waals surface area contributed by atoms with Crippen LogP contribution in [0.3, 0.4) is 0 Å². The van der Waals surface area contributed by atoms with Crippen LogP contribution in [0.25, 0.3) is 10.2 Å². The molecule has 1 aliphatic carbocycles. The molecule has 3 aliphatic rings. The second-order valence-electron chi connectivity index (χ2n) is 8.59. The molecular weight excluding hydrogens is 358 g/mol. The molecule has 3 heterocycles. The van der Waals surface area contributed by atoms with Crippen LogP contribution in [0.15, 0.2) is 18.2 Å². The lowest BCUT2D eigenvalue weighted by molar-refractivity contribution is -0.135. The van der Waals surface area contributed by atoms with E-state index in [0.717, 1.165) is 34.9 Å². The Bertz CT molecular complexity index is 915. The number of carbonyl (C=O) groups excluding carboxylic acids is 2. The molecule has 5 rings (SSSR count). The van der Waals surface area contributed by atoms with Gasteiger partial charge in [0.25, 0.3) is 0 Å². The van der Waals surface area contributed by atoms with Crippen molar-refractivity contribution in [1.82, 2.24) is 9.88 Å². The number of hydrogen-bond acceptors (Lipinski definition) is 4. The number of fused-ring (bicyclic) bond motifs is 1.